The molecule has 1 unspecified atom stereocenters. The third-order valence-corrected chi connectivity index (χ3v) is 8.05. The monoisotopic (exact) mass is 532 g/mol. The summed E-state index contributed by atoms with van der Waals surface area (Å²) in [4.78, 5) is 23.5. The van der Waals surface area contributed by atoms with Crippen LogP contribution in [-0.4, -0.2) is 46.9 Å². The molecule has 1 aromatic carbocycles. The highest BCUT2D eigenvalue weighted by atomic mass is 16.6. The fourth-order valence-electron chi connectivity index (χ4n) is 6.31. The number of hydrogen-bond donors (Lipinski definition) is 2. The molecule has 208 valence electrons. The molecule has 3 N–H and O–H groups in total. The van der Waals surface area contributed by atoms with Crippen LogP contribution in [0.3, 0.4) is 0 Å². The summed E-state index contributed by atoms with van der Waals surface area (Å²) in [6.07, 6.45) is 6.20. The van der Waals surface area contributed by atoms with Crippen LogP contribution < -0.4 is 20.7 Å². The van der Waals surface area contributed by atoms with Gasteiger partial charge in [-0.2, -0.15) is 5.26 Å². The Bertz CT molecular complexity index is 1290. The number of aromatic nitrogens is 2. The molecule has 2 heterocycles. The molecule has 2 fully saturated rings. The van der Waals surface area contributed by atoms with Gasteiger partial charge in [0.15, 0.2) is 0 Å². The van der Waals surface area contributed by atoms with E-state index in [0.717, 1.165) is 73.3 Å². The smallest absolute Gasteiger partial charge is 0.407 e. The van der Waals surface area contributed by atoms with Crippen LogP contribution in [0.1, 0.15) is 77.8 Å². The predicted octanol–water partition coefficient (Wildman–Crippen LogP) is 5.12. The average molecular weight is 533 g/mol. The van der Waals surface area contributed by atoms with Crippen LogP contribution >= 0.6 is 0 Å². The van der Waals surface area contributed by atoms with E-state index in [9.17, 15) is 10.1 Å². The van der Waals surface area contributed by atoms with Gasteiger partial charge in [0.2, 0.25) is 0 Å². The molecule has 9 nitrogen and oxygen atoms in total. The van der Waals surface area contributed by atoms with Crippen molar-refractivity contribution in [3.8, 4) is 23.1 Å². The number of anilines is 2. The maximum atomic E-state index is 12.2. The Morgan fingerprint density at radius 3 is 2.59 bits per heavy atom. The van der Waals surface area contributed by atoms with Crippen molar-refractivity contribution in [2.45, 2.75) is 96.3 Å². The summed E-state index contributed by atoms with van der Waals surface area (Å²) in [5, 5.41) is 12.6. The molecule has 2 aliphatic carbocycles. The van der Waals surface area contributed by atoms with Gasteiger partial charge in [0.25, 0.3) is 0 Å². The Kier molecular flexibility index (Phi) is 7.08. The number of benzene rings is 1. The summed E-state index contributed by atoms with van der Waals surface area (Å²) in [6, 6.07) is 6.69. The van der Waals surface area contributed by atoms with Gasteiger partial charge in [0.1, 0.15) is 23.5 Å². The predicted molar refractivity (Wildman–Crippen MR) is 151 cm³/mol. The lowest BCUT2D eigenvalue weighted by Gasteiger charge is -2.38. The minimum atomic E-state index is -0.514. The highest BCUT2D eigenvalue weighted by Gasteiger charge is 2.39. The normalized spacial score (nSPS) is 23.8. The second kappa shape index (κ2) is 10.2. The number of nitrogen functional groups attached to an aromatic ring is 1. The van der Waals surface area contributed by atoms with Crippen molar-refractivity contribution in [2.75, 3.05) is 23.7 Å². The van der Waals surface area contributed by atoms with Crippen molar-refractivity contribution in [1.29, 1.82) is 5.26 Å². The number of carbonyl (C=O) groups excluding carboxylic acids is 1. The zero-order valence-electron chi connectivity index (χ0n) is 23.7. The molecule has 0 spiro atoms. The summed E-state index contributed by atoms with van der Waals surface area (Å²) < 4.78 is 12.2. The van der Waals surface area contributed by atoms with Crippen LogP contribution in [0.15, 0.2) is 18.5 Å². The van der Waals surface area contributed by atoms with Gasteiger partial charge in [-0.1, -0.05) is 13.8 Å². The maximum Gasteiger partial charge on any atom is 0.407 e. The van der Waals surface area contributed by atoms with Gasteiger partial charge >= 0.3 is 6.09 Å². The lowest BCUT2D eigenvalue weighted by atomic mass is 9.71. The standard InChI is InChI=1S/C30H40N6O3/c1-29(2,3)39-28(37)35-19-6-8-20(9-7-19)38-23-11-10-21-22(26(23)36-13-12-18(15-31)16-36)14-30(4,5)24-25(21)33-17-34-27(24)32/h10-11,17-20H,6-9,12-14,16H2,1-5H3,(H,35,37)(H2,32,33,34)/t18?,19-,20-. The van der Waals surface area contributed by atoms with Crippen LogP contribution in [0, 0.1) is 17.2 Å². The van der Waals surface area contributed by atoms with Gasteiger partial charge in [0.05, 0.1) is 29.5 Å². The molecule has 0 bridgehead atoms. The Hall–Kier alpha value is -3.54. The van der Waals surface area contributed by atoms with Gasteiger partial charge in [-0.25, -0.2) is 14.8 Å². The molecule has 2 aromatic rings. The van der Waals surface area contributed by atoms with Crippen LogP contribution in [0.5, 0.6) is 5.75 Å². The fraction of sp³-hybridized carbons (Fsp3) is 0.600. The van der Waals surface area contributed by atoms with E-state index in [1.165, 1.54) is 11.9 Å². The molecule has 9 heteroatoms. The van der Waals surface area contributed by atoms with Crippen LogP contribution in [0.25, 0.3) is 11.3 Å². The molecular weight excluding hydrogens is 492 g/mol. The molecule has 1 aromatic heterocycles. The number of nitrogens with zero attached hydrogens (tertiary/aromatic N) is 4. The van der Waals surface area contributed by atoms with Crippen molar-refractivity contribution >= 4 is 17.6 Å². The highest BCUT2D eigenvalue weighted by Crippen LogP contribution is 2.50. The van der Waals surface area contributed by atoms with Gasteiger partial charge in [0, 0.05) is 30.3 Å². The fourth-order valence-corrected chi connectivity index (χ4v) is 6.31. The first-order chi connectivity index (χ1) is 18.4. The Balaban J connectivity index is 1.41. The minimum Gasteiger partial charge on any atom is -0.488 e. The number of nitrogens with one attached hydrogen (secondary N) is 1. The summed E-state index contributed by atoms with van der Waals surface area (Å²) in [5.74, 6) is 1.39. The number of nitrogens with two attached hydrogens (primary N) is 1. The maximum absolute atomic E-state index is 12.2. The first-order valence-corrected chi connectivity index (χ1v) is 14.0. The third-order valence-electron chi connectivity index (χ3n) is 8.05. The van der Waals surface area contributed by atoms with E-state index in [1.54, 1.807) is 0 Å². The third kappa shape index (κ3) is 5.61. The summed E-state index contributed by atoms with van der Waals surface area (Å²) in [7, 11) is 0. The van der Waals surface area contributed by atoms with E-state index >= 15 is 0 Å². The van der Waals surface area contributed by atoms with E-state index in [0.29, 0.717) is 12.4 Å². The molecular formula is C30H40N6O3. The largest absolute Gasteiger partial charge is 0.488 e. The Labute approximate surface area is 231 Å². The number of alkyl carbamates (subject to hydrolysis) is 1. The number of hydrogen-bond acceptors (Lipinski definition) is 8. The van der Waals surface area contributed by atoms with E-state index < -0.39 is 5.60 Å². The van der Waals surface area contributed by atoms with Crippen molar-refractivity contribution in [3.05, 3.63) is 29.6 Å². The summed E-state index contributed by atoms with van der Waals surface area (Å²) in [6.45, 7) is 11.5. The molecule has 39 heavy (non-hydrogen) atoms. The molecule has 1 amide bonds. The van der Waals surface area contributed by atoms with Crippen molar-refractivity contribution in [3.63, 3.8) is 0 Å². The number of nitriles is 1. The average Bonchev–Trinajstić information content (AvgIpc) is 3.32. The van der Waals surface area contributed by atoms with Gasteiger partial charge in [-0.15, -0.1) is 0 Å². The number of rotatable bonds is 4. The topological polar surface area (TPSA) is 126 Å². The SMILES string of the molecule is CC(C)(C)OC(=O)N[C@H]1CC[C@H](Oc2ccc3c(c2N2CCC(C#N)C2)CC(C)(C)c2c(N)ncnc2-3)CC1. The van der Waals surface area contributed by atoms with Crippen LogP contribution in [-0.2, 0) is 16.6 Å². The van der Waals surface area contributed by atoms with Crippen LogP contribution in [0.4, 0.5) is 16.3 Å². The van der Waals surface area contributed by atoms with E-state index in [4.69, 9.17) is 15.2 Å². The van der Waals surface area contributed by atoms with E-state index in [2.05, 4.69) is 52.2 Å². The number of carbonyl (C=O) groups is 1. The number of amides is 1. The van der Waals surface area contributed by atoms with Gasteiger partial charge < -0.3 is 25.4 Å². The molecule has 1 saturated heterocycles. The van der Waals surface area contributed by atoms with Crippen LogP contribution in [0.2, 0.25) is 0 Å². The second-order valence-corrected chi connectivity index (χ2v) is 12.8. The van der Waals surface area contributed by atoms with Gasteiger partial charge in [-0.05, 0) is 82.4 Å². The first kappa shape index (κ1) is 27.0. The molecule has 1 saturated carbocycles. The van der Waals surface area contributed by atoms with Crippen molar-refractivity contribution < 1.29 is 14.3 Å². The Morgan fingerprint density at radius 2 is 1.92 bits per heavy atom. The number of ether oxygens (including phenoxy) is 2. The lowest BCUT2D eigenvalue weighted by molar-refractivity contribution is 0.0471. The zero-order chi connectivity index (χ0) is 27.9. The second-order valence-electron chi connectivity index (χ2n) is 12.8. The Morgan fingerprint density at radius 1 is 1.18 bits per heavy atom. The quantitative estimate of drug-likeness (QED) is 0.555. The lowest BCUT2D eigenvalue weighted by Crippen LogP contribution is -2.42. The summed E-state index contributed by atoms with van der Waals surface area (Å²) in [5.41, 5.74) is 10.8. The van der Waals surface area contributed by atoms with E-state index in [1.807, 2.05) is 20.8 Å². The van der Waals surface area contributed by atoms with Gasteiger partial charge in [-0.3, -0.25) is 0 Å². The zero-order valence-corrected chi connectivity index (χ0v) is 23.7. The molecule has 1 atom stereocenters. The minimum absolute atomic E-state index is 0.00456. The first-order valence-electron chi connectivity index (χ1n) is 14.0. The number of fused-ring (bicyclic) bond motifs is 3. The summed E-state index contributed by atoms with van der Waals surface area (Å²) >= 11 is 0. The molecule has 1 aliphatic heterocycles. The molecule has 5 rings (SSSR count). The van der Waals surface area contributed by atoms with Crippen molar-refractivity contribution in [1.82, 2.24) is 15.3 Å². The van der Waals surface area contributed by atoms with Crippen molar-refractivity contribution in [2.24, 2.45) is 5.92 Å². The highest BCUT2D eigenvalue weighted by molar-refractivity contribution is 5.83. The molecule has 0 radical (unpaired) electrons. The molecule has 3 aliphatic rings. The van der Waals surface area contributed by atoms with E-state index in [-0.39, 0.29) is 29.6 Å².